The van der Waals surface area contributed by atoms with Crippen LogP contribution in [-0.4, -0.2) is 39.4 Å². The lowest BCUT2D eigenvalue weighted by Gasteiger charge is -2.04. The second-order valence-electron chi connectivity index (χ2n) is 4.26. The van der Waals surface area contributed by atoms with E-state index in [-0.39, 0.29) is 5.91 Å². The van der Waals surface area contributed by atoms with Crippen molar-refractivity contribution in [3.63, 3.8) is 0 Å². The molecular weight excluding hydrogens is 262 g/mol. The fourth-order valence-corrected chi connectivity index (χ4v) is 2.72. The van der Waals surface area contributed by atoms with E-state index in [0.717, 1.165) is 17.7 Å². The number of thiophene rings is 1. The number of amides is 1. The minimum Gasteiger partial charge on any atom is -0.382 e. The third-order valence-electron chi connectivity index (χ3n) is 2.81. The van der Waals surface area contributed by atoms with Gasteiger partial charge in [0, 0.05) is 25.1 Å². The summed E-state index contributed by atoms with van der Waals surface area (Å²) in [6.45, 7) is 6.67. The van der Waals surface area contributed by atoms with E-state index < -0.39 is 0 Å². The van der Waals surface area contributed by atoms with Gasteiger partial charge in [0.1, 0.15) is 0 Å². The molecule has 0 saturated heterocycles. The van der Waals surface area contributed by atoms with Crippen molar-refractivity contribution < 1.29 is 14.3 Å². The molecular formula is C14H23NO3S. The average molecular weight is 285 g/mol. The molecule has 1 aromatic rings. The molecule has 1 aromatic heterocycles. The molecule has 0 aromatic carbocycles. The van der Waals surface area contributed by atoms with Crippen molar-refractivity contribution in [2.75, 3.05) is 33.5 Å². The van der Waals surface area contributed by atoms with E-state index in [1.807, 2.05) is 6.07 Å². The fraction of sp³-hybridized carbons (Fsp3) is 0.643. The molecule has 0 bridgehead atoms. The molecule has 1 rings (SSSR count). The van der Waals surface area contributed by atoms with Crippen LogP contribution in [0.15, 0.2) is 6.07 Å². The minimum atomic E-state index is 0.0182. The monoisotopic (exact) mass is 285 g/mol. The van der Waals surface area contributed by atoms with Crippen molar-refractivity contribution in [3.8, 4) is 0 Å². The first-order chi connectivity index (χ1) is 9.19. The van der Waals surface area contributed by atoms with Gasteiger partial charge in [-0.3, -0.25) is 4.79 Å². The number of carbonyl (C=O) groups is 1. The van der Waals surface area contributed by atoms with Crippen LogP contribution in [0.25, 0.3) is 0 Å². The molecule has 0 unspecified atom stereocenters. The average Bonchev–Trinajstić information content (AvgIpc) is 2.79. The van der Waals surface area contributed by atoms with Gasteiger partial charge in [-0.1, -0.05) is 6.92 Å². The minimum absolute atomic E-state index is 0.0182. The van der Waals surface area contributed by atoms with Gasteiger partial charge in [-0.05, 0) is 31.4 Å². The predicted molar refractivity (Wildman–Crippen MR) is 78.1 cm³/mol. The summed E-state index contributed by atoms with van der Waals surface area (Å²) in [7, 11) is 1.65. The van der Waals surface area contributed by atoms with Crippen LogP contribution in [0, 0.1) is 6.92 Å². The number of hydrogen-bond donors (Lipinski definition) is 1. The molecule has 1 N–H and O–H groups in total. The molecule has 5 heteroatoms. The van der Waals surface area contributed by atoms with Gasteiger partial charge in [0.25, 0.3) is 5.91 Å². The van der Waals surface area contributed by atoms with E-state index in [9.17, 15) is 4.79 Å². The summed E-state index contributed by atoms with van der Waals surface area (Å²) in [5, 5.41) is 2.91. The van der Waals surface area contributed by atoms with E-state index in [1.54, 1.807) is 18.4 Å². The first-order valence-electron chi connectivity index (χ1n) is 6.63. The van der Waals surface area contributed by atoms with Gasteiger partial charge < -0.3 is 14.8 Å². The Morgan fingerprint density at radius 2 is 2.16 bits per heavy atom. The largest absolute Gasteiger partial charge is 0.382 e. The van der Waals surface area contributed by atoms with Crippen molar-refractivity contribution in [1.82, 2.24) is 5.32 Å². The molecule has 1 amide bonds. The van der Waals surface area contributed by atoms with Crippen LogP contribution in [-0.2, 0) is 15.9 Å². The van der Waals surface area contributed by atoms with Gasteiger partial charge in [-0.2, -0.15) is 0 Å². The number of hydrogen-bond acceptors (Lipinski definition) is 4. The quantitative estimate of drug-likeness (QED) is 0.709. The zero-order valence-electron chi connectivity index (χ0n) is 12.0. The van der Waals surface area contributed by atoms with Crippen molar-refractivity contribution in [2.24, 2.45) is 0 Å². The van der Waals surface area contributed by atoms with Crippen LogP contribution < -0.4 is 5.32 Å². The second kappa shape index (κ2) is 9.07. The number of ether oxygens (including phenoxy) is 2. The molecule has 0 aliphatic rings. The van der Waals surface area contributed by atoms with Crippen molar-refractivity contribution in [1.29, 1.82) is 0 Å². The van der Waals surface area contributed by atoms with Gasteiger partial charge in [-0.25, -0.2) is 0 Å². The van der Waals surface area contributed by atoms with Crippen LogP contribution in [0.1, 0.15) is 33.5 Å². The molecule has 19 heavy (non-hydrogen) atoms. The van der Waals surface area contributed by atoms with E-state index in [0.29, 0.717) is 26.4 Å². The molecule has 0 atom stereocenters. The first-order valence-corrected chi connectivity index (χ1v) is 7.44. The topological polar surface area (TPSA) is 47.6 Å². The number of nitrogens with one attached hydrogen (secondary N) is 1. The van der Waals surface area contributed by atoms with Gasteiger partial charge in [0.2, 0.25) is 0 Å². The van der Waals surface area contributed by atoms with Crippen LogP contribution in [0.2, 0.25) is 0 Å². The summed E-state index contributed by atoms with van der Waals surface area (Å²) >= 11 is 1.56. The molecule has 0 fully saturated rings. The summed E-state index contributed by atoms with van der Waals surface area (Å²) in [6.07, 6.45) is 1.80. The van der Waals surface area contributed by atoms with Gasteiger partial charge >= 0.3 is 0 Å². The molecule has 4 nitrogen and oxygen atoms in total. The van der Waals surface area contributed by atoms with Gasteiger partial charge in [0.15, 0.2) is 0 Å². The van der Waals surface area contributed by atoms with E-state index in [2.05, 4.69) is 19.2 Å². The SMILES string of the molecule is CCc1cc(C(=O)NCCCOCCOC)sc1C. The number of methoxy groups -OCH3 is 1. The number of rotatable bonds is 9. The summed E-state index contributed by atoms with van der Waals surface area (Å²) in [6, 6.07) is 1.99. The molecule has 0 aliphatic heterocycles. The standard InChI is InChI=1S/C14H23NO3S/c1-4-12-10-13(19-11(12)2)14(16)15-6-5-7-18-9-8-17-3/h10H,4-9H2,1-3H3,(H,15,16). The summed E-state index contributed by atoms with van der Waals surface area (Å²) < 4.78 is 10.2. The smallest absolute Gasteiger partial charge is 0.261 e. The highest BCUT2D eigenvalue weighted by Gasteiger charge is 2.10. The second-order valence-corrected chi connectivity index (χ2v) is 5.52. The Labute approximate surface area is 119 Å². The Kier molecular flexibility index (Phi) is 7.70. The summed E-state index contributed by atoms with van der Waals surface area (Å²) in [5.74, 6) is 0.0182. The molecule has 0 aliphatic carbocycles. The first kappa shape index (κ1) is 16.1. The highest BCUT2D eigenvalue weighted by atomic mass is 32.1. The zero-order chi connectivity index (χ0) is 14.1. The Morgan fingerprint density at radius 1 is 1.37 bits per heavy atom. The zero-order valence-corrected chi connectivity index (χ0v) is 12.8. The summed E-state index contributed by atoms with van der Waals surface area (Å²) in [5.41, 5.74) is 1.26. The maximum atomic E-state index is 11.9. The predicted octanol–water partition coefficient (Wildman–Crippen LogP) is 2.40. The van der Waals surface area contributed by atoms with E-state index in [4.69, 9.17) is 9.47 Å². The Bertz CT molecular complexity index is 390. The van der Waals surface area contributed by atoms with Crippen molar-refractivity contribution in [3.05, 3.63) is 21.4 Å². The lowest BCUT2D eigenvalue weighted by Crippen LogP contribution is -2.24. The molecule has 0 spiro atoms. The molecule has 0 radical (unpaired) electrons. The van der Waals surface area contributed by atoms with Crippen molar-refractivity contribution >= 4 is 17.2 Å². The third kappa shape index (κ3) is 5.72. The third-order valence-corrected chi connectivity index (χ3v) is 3.90. The summed E-state index contributed by atoms with van der Waals surface area (Å²) in [4.78, 5) is 13.9. The normalized spacial score (nSPS) is 10.7. The van der Waals surface area contributed by atoms with Gasteiger partial charge in [-0.15, -0.1) is 11.3 Å². The molecule has 108 valence electrons. The van der Waals surface area contributed by atoms with Gasteiger partial charge in [0.05, 0.1) is 18.1 Å². The van der Waals surface area contributed by atoms with E-state index >= 15 is 0 Å². The lowest BCUT2D eigenvalue weighted by atomic mass is 10.2. The number of aryl methyl sites for hydroxylation is 2. The van der Waals surface area contributed by atoms with Crippen LogP contribution in [0.3, 0.4) is 0 Å². The van der Waals surface area contributed by atoms with Crippen molar-refractivity contribution in [2.45, 2.75) is 26.7 Å². The van der Waals surface area contributed by atoms with Crippen LogP contribution >= 0.6 is 11.3 Å². The van der Waals surface area contributed by atoms with Crippen LogP contribution in [0.5, 0.6) is 0 Å². The van der Waals surface area contributed by atoms with Crippen LogP contribution in [0.4, 0.5) is 0 Å². The Morgan fingerprint density at radius 3 is 2.79 bits per heavy atom. The Hall–Kier alpha value is -0.910. The Balaban J connectivity index is 2.20. The maximum absolute atomic E-state index is 11.9. The molecule has 0 saturated carbocycles. The molecule has 1 heterocycles. The fourth-order valence-electron chi connectivity index (χ4n) is 1.69. The number of carbonyl (C=O) groups excluding carboxylic acids is 1. The lowest BCUT2D eigenvalue weighted by molar-refractivity contribution is 0.0688. The van der Waals surface area contributed by atoms with E-state index in [1.165, 1.54) is 10.4 Å². The highest BCUT2D eigenvalue weighted by molar-refractivity contribution is 7.14. The highest BCUT2D eigenvalue weighted by Crippen LogP contribution is 2.21. The maximum Gasteiger partial charge on any atom is 0.261 e.